The number of aromatic nitrogens is 1. The van der Waals surface area contributed by atoms with Crippen LogP contribution in [0.25, 0.3) is 11.3 Å². The van der Waals surface area contributed by atoms with Gasteiger partial charge in [-0.1, -0.05) is 30.3 Å². The second-order valence-electron chi connectivity index (χ2n) is 4.56. The highest BCUT2D eigenvalue weighted by Crippen LogP contribution is 2.30. The van der Waals surface area contributed by atoms with Crippen LogP contribution >= 0.6 is 0 Å². The van der Waals surface area contributed by atoms with Crippen LogP contribution in [0.1, 0.15) is 12.8 Å². The Morgan fingerprint density at radius 3 is 2.50 bits per heavy atom. The zero-order valence-electron chi connectivity index (χ0n) is 9.97. The summed E-state index contributed by atoms with van der Waals surface area (Å²) >= 11 is 0. The summed E-state index contributed by atoms with van der Waals surface area (Å²) in [5.74, 6) is 0.336. The van der Waals surface area contributed by atoms with Crippen LogP contribution in [0.2, 0.25) is 0 Å². The van der Waals surface area contributed by atoms with Gasteiger partial charge >= 0.3 is 0 Å². The fraction of sp³-hybridized carbons (Fsp3) is 0.200. The van der Waals surface area contributed by atoms with Gasteiger partial charge in [-0.25, -0.2) is 0 Å². The standard InChI is InChI=1S/C15H14N2O/c18-15(12-6-7-12)17-13-8-9-14(16-10-13)11-4-2-1-3-5-11/h1-5,8-10,12H,6-7H2,(H,17,18). The second kappa shape index (κ2) is 4.61. The van der Waals surface area contributed by atoms with Gasteiger partial charge in [0.2, 0.25) is 5.91 Å². The van der Waals surface area contributed by atoms with E-state index in [2.05, 4.69) is 10.3 Å². The first-order valence-electron chi connectivity index (χ1n) is 6.15. The number of hydrogen-bond acceptors (Lipinski definition) is 2. The molecular formula is C15H14N2O. The molecule has 1 aliphatic carbocycles. The number of anilines is 1. The molecule has 0 aliphatic heterocycles. The number of hydrogen-bond donors (Lipinski definition) is 1. The third-order valence-electron chi connectivity index (χ3n) is 3.05. The summed E-state index contributed by atoms with van der Waals surface area (Å²) < 4.78 is 0. The molecule has 1 N–H and O–H groups in total. The number of carbonyl (C=O) groups excluding carboxylic acids is 1. The van der Waals surface area contributed by atoms with E-state index in [1.165, 1.54) is 0 Å². The Labute approximate surface area is 106 Å². The average Bonchev–Trinajstić information content (AvgIpc) is 3.25. The van der Waals surface area contributed by atoms with Crippen molar-refractivity contribution in [1.82, 2.24) is 4.98 Å². The Morgan fingerprint density at radius 2 is 1.89 bits per heavy atom. The van der Waals surface area contributed by atoms with Crippen LogP contribution in [0.4, 0.5) is 5.69 Å². The molecule has 0 spiro atoms. The Balaban J connectivity index is 1.74. The van der Waals surface area contributed by atoms with Gasteiger partial charge in [-0.15, -0.1) is 0 Å². The van der Waals surface area contributed by atoms with Crippen LogP contribution in [0.15, 0.2) is 48.7 Å². The number of benzene rings is 1. The van der Waals surface area contributed by atoms with Crippen molar-refractivity contribution >= 4 is 11.6 Å². The molecule has 1 aromatic heterocycles. The van der Waals surface area contributed by atoms with Gasteiger partial charge in [0, 0.05) is 11.5 Å². The maximum atomic E-state index is 11.6. The lowest BCUT2D eigenvalue weighted by Crippen LogP contribution is -2.13. The van der Waals surface area contributed by atoms with Crippen molar-refractivity contribution in [3.8, 4) is 11.3 Å². The Kier molecular flexibility index (Phi) is 2.81. The molecule has 3 nitrogen and oxygen atoms in total. The molecule has 0 bridgehead atoms. The van der Waals surface area contributed by atoms with Crippen LogP contribution in [0, 0.1) is 5.92 Å². The van der Waals surface area contributed by atoms with Gasteiger partial charge in [0.25, 0.3) is 0 Å². The van der Waals surface area contributed by atoms with Gasteiger partial charge in [0.05, 0.1) is 17.6 Å². The van der Waals surface area contributed by atoms with Crippen LogP contribution in [-0.4, -0.2) is 10.9 Å². The number of carbonyl (C=O) groups is 1. The van der Waals surface area contributed by atoms with Crippen molar-refractivity contribution in [3.63, 3.8) is 0 Å². The number of pyridine rings is 1. The molecule has 90 valence electrons. The lowest BCUT2D eigenvalue weighted by molar-refractivity contribution is -0.117. The topological polar surface area (TPSA) is 42.0 Å². The minimum absolute atomic E-state index is 0.115. The molecule has 3 rings (SSSR count). The van der Waals surface area contributed by atoms with Gasteiger partial charge in [-0.3, -0.25) is 9.78 Å². The normalized spacial score (nSPS) is 14.2. The van der Waals surface area contributed by atoms with Gasteiger partial charge < -0.3 is 5.32 Å². The van der Waals surface area contributed by atoms with Crippen LogP contribution in [0.5, 0.6) is 0 Å². The monoisotopic (exact) mass is 238 g/mol. The van der Waals surface area contributed by atoms with E-state index in [4.69, 9.17) is 0 Å². The van der Waals surface area contributed by atoms with E-state index in [0.29, 0.717) is 0 Å². The fourth-order valence-corrected chi connectivity index (χ4v) is 1.84. The SMILES string of the molecule is O=C(Nc1ccc(-c2ccccc2)nc1)C1CC1. The number of rotatable bonds is 3. The highest BCUT2D eigenvalue weighted by atomic mass is 16.2. The maximum absolute atomic E-state index is 11.6. The van der Waals surface area contributed by atoms with Crippen molar-refractivity contribution in [2.75, 3.05) is 5.32 Å². The maximum Gasteiger partial charge on any atom is 0.227 e. The van der Waals surface area contributed by atoms with E-state index >= 15 is 0 Å². The van der Waals surface area contributed by atoms with E-state index in [-0.39, 0.29) is 11.8 Å². The van der Waals surface area contributed by atoms with E-state index in [0.717, 1.165) is 29.8 Å². The molecule has 1 amide bonds. The molecule has 0 radical (unpaired) electrons. The smallest absolute Gasteiger partial charge is 0.227 e. The fourth-order valence-electron chi connectivity index (χ4n) is 1.84. The molecule has 2 aromatic rings. The zero-order valence-corrected chi connectivity index (χ0v) is 9.97. The van der Waals surface area contributed by atoms with E-state index < -0.39 is 0 Å². The Morgan fingerprint density at radius 1 is 1.11 bits per heavy atom. The highest BCUT2D eigenvalue weighted by molar-refractivity contribution is 5.93. The number of amides is 1. The molecule has 1 fully saturated rings. The molecule has 0 unspecified atom stereocenters. The Bertz CT molecular complexity index is 544. The first-order valence-corrected chi connectivity index (χ1v) is 6.15. The summed E-state index contributed by atoms with van der Waals surface area (Å²) in [6, 6.07) is 13.8. The minimum Gasteiger partial charge on any atom is -0.324 e. The lowest BCUT2D eigenvalue weighted by atomic mass is 10.1. The molecule has 1 aliphatic rings. The summed E-state index contributed by atoms with van der Waals surface area (Å²) in [7, 11) is 0. The molecule has 1 aromatic carbocycles. The average molecular weight is 238 g/mol. The van der Waals surface area contributed by atoms with Crippen LogP contribution < -0.4 is 5.32 Å². The molecule has 0 saturated heterocycles. The summed E-state index contributed by atoms with van der Waals surface area (Å²) in [6.45, 7) is 0. The number of nitrogens with one attached hydrogen (secondary N) is 1. The van der Waals surface area contributed by atoms with Gasteiger partial charge in [-0.05, 0) is 25.0 Å². The van der Waals surface area contributed by atoms with Crippen molar-refractivity contribution in [1.29, 1.82) is 0 Å². The first-order chi connectivity index (χ1) is 8.83. The molecule has 0 atom stereocenters. The molecule has 1 heterocycles. The number of nitrogens with zero attached hydrogens (tertiary/aromatic N) is 1. The van der Waals surface area contributed by atoms with Crippen LogP contribution in [0.3, 0.4) is 0 Å². The predicted molar refractivity (Wildman–Crippen MR) is 71.0 cm³/mol. The third kappa shape index (κ3) is 2.40. The van der Waals surface area contributed by atoms with Gasteiger partial charge in [-0.2, -0.15) is 0 Å². The molecular weight excluding hydrogens is 224 g/mol. The summed E-state index contributed by atoms with van der Waals surface area (Å²) in [6.07, 6.45) is 3.74. The van der Waals surface area contributed by atoms with Crippen molar-refractivity contribution < 1.29 is 4.79 Å². The highest BCUT2D eigenvalue weighted by Gasteiger charge is 2.29. The zero-order chi connectivity index (χ0) is 12.4. The van der Waals surface area contributed by atoms with Gasteiger partial charge in [0.15, 0.2) is 0 Å². The first kappa shape index (κ1) is 11.0. The summed E-state index contributed by atoms with van der Waals surface area (Å²) in [5, 5.41) is 2.88. The van der Waals surface area contributed by atoms with Crippen molar-refractivity contribution in [2.24, 2.45) is 5.92 Å². The van der Waals surface area contributed by atoms with Crippen LogP contribution in [-0.2, 0) is 4.79 Å². The van der Waals surface area contributed by atoms with E-state index in [9.17, 15) is 4.79 Å². The summed E-state index contributed by atoms with van der Waals surface area (Å²) in [5.41, 5.74) is 2.77. The van der Waals surface area contributed by atoms with Gasteiger partial charge in [0.1, 0.15) is 0 Å². The van der Waals surface area contributed by atoms with Crippen molar-refractivity contribution in [3.05, 3.63) is 48.7 Å². The summed E-state index contributed by atoms with van der Waals surface area (Å²) in [4.78, 5) is 16.0. The molecule has 1 saturated carbocycles. The molecule has 3 heteroatoms. The third-order valence-corrected chi connectivity index (χ3v) is 3.05. The lowest BCUT2D eigenvalue weighted by Gasteiger charge is -2.05. The Hall–Kier alpha value is -2.16. The van der Waals surface area contributed by atoms with E-state index in [1.807, 2.05) is 42.5 Å². The second-order valence-corrected chi connectivity index (χ2v) is 4.56. The van der Waals surface area contributed by atoms with Crippen molar-refractivity contribution in [2.45, 2.75) is 12.8 Å². The predicted octanol–water partition coefficient (Wildman–Crippen LogP) is 3.10. The minimum atomic E-state index is 0.115. The van der Waals surface area contributed by atoms with E-state index in [1.54, 1.807) is 6.20 Å². The largest absolute Gasteiger partial charge is 0.324 e. The quantitative estimate of drug-likeness (QED) is 0.892. The molecule has 18 heavy (non-hydrogen) atoms.